The number of aromatic nitrogens is 1. The van der Waals surface area contributed by atoms with E-state index in [1.165, 1.54) is 59.9 Å². The lowest BCUT2D eigenvalue weighted by molar-refractivity contribution is -0.385. The van der Waals surface area contributed by atoms with E-state index < -0.39 is 21.7 Å². The van der Waals surface area contributed by atoms with Crippen molar-refractivity contribution >= 4 is 88.6 Å². The molecule has 47 heavy (non-hydrogen) atoms. The van der Waals surface area contributed by atoms with Crippen LogP contribution in [-0.4, -0.2) is 26.6 Å². The Morgan fingerprint density at radius 3 is 1.53 bits per heavy atom. The van der Waals surface area contributed by atoms with Crippen molar-refractivity contribution in [3.63, 3.8) is 0 Å². The number of non-ortho nitro benzene ring substituents is 2. The zero-order valence-corrected chi connectivity index (χ0v) is 26.4. The van der Waals surface area contributed by atoms with E-state index >= 15 is 0 Å². The molecule has 0 aliphatic rings. The minimum absolute atomic E-state index is 0.104. The first kappa shape index (κ1) is 31.0. The maximum atomic E-state index is 12.8. The van der Waals surface area contributed by atoms with Crippen LogP contribution in [0.15, 0.2) is 120 Å². The largest absolute Gasteiger partial charge is 0.322 e. The Balaban J connectivity index is 1.25. The van der Waals surface area contributed by atoms with Crippen molar-refractivity contribution in [3.05, 3.63) is 151 Å². The smallest absolute Gasteiger partial charge is 0.269 e. The lowest BCUT2D eigenvalue weighted by Crippen LogP contribution is -2.13. The summed E-state index contributed by atoms with van der Waals surface area (Å²) in [5.74, 6) is -0.819. The Bertz CT molecular complexity index is 2020. The summed E-state index contributed by atoms with van der Waals surface area (Å²) in [5, 5.41) is 28.2. The summed E-state index contributed by atoms with van der Waals surface area (Å²) < 4.78 is 1.89. The molecule has 0 spiro atoms. The molecule has 1 heterocycles. The zero-order valence-electron chi connectivity index (χ0n) is 24.0. The molecule has 0 aliphatic heterocycles. The number of hydrogen-bond acceptors (Lipinski definition) is 9. The molecular formula is C33H21BrN6O6S. The van der Waals surface area contributed by atoms with Crippen LogP contribution in [0.1, 0.15) is 20.7 Å². The van der Waals surface area contributed by atoms with E-state index in [1.807, 2.05) is 47.4 Å². The second-order valence-electron chi connectivity index (χ2n) is 10.1. The van der Waals surface area contributed by atoms with Gasteiger partial charge in [-0.15, -0.1) is 0 Å². The number of nitro benzene ring substituents is 2. The number of fused-ring (bicyclic) bond motifs is 1. The number of amides is 2. The monoisotopic (exact) mass is 708 g/mol. The summed E-state index contributed by atoms with van der Waals surface area (Å²) in [6.07, 6.45) is 0. The van der Waals surface area contributed by atoms with E-state index in [9.17, 15) is 29.8 Å². The molecule has 12 nitrogen and oxygen atoms in total. The number of anilines is 5. The predicted octanol–water partition coefficient (Wildman–Crippen LogP) is 8.85. The summed E-state index contributed by atoms with van der Waals surface area (Å²) in [6.45, 7) is 0. The number of halogens is 1. The zero-order chi connectivity index (χ0) is 33.1. The number of thiazole rings is 1. The van der Waals surface area contributed by atoms with Gasteiger partial charge in [-0.1, -0.05) is 27.3 Å². The fourth-order valence-corrected chi connectivity index (χ4v) is 6.17. The van der Waals surface area contributed by atoms with Crippen LogP contribution in [0.4, 0.5) is 39.3 Å². The van der Waals surface area contributed by atoms with Crippen molar-refractivity contribution in [2.24, 2.45) is 0 Å². The molecule has 6 rings (SSSR count). The number of nitrogens with one attached hydrogen (secondary N) is 2. The summed E-state index contributed by atoms with van der Waals surface area (Å²) >= 11 is 5.00. The first-order valence-corrected chi connectivity index (χ1v) is 15.4. The molecule has 0 saturated heterocycles. The fraction of sp³-hybridized carbons (Fsp3) is 0. The van der Waals surface area contributed by atoms with Crippen LogP contribution in [0.2, 0.25) is 0 Å². The van der Waals surface area contributed by atoms with E-state index in [1.54, 1.807) is 24.3 Å². The van der Waals surface area contributed by atoms with Crippen LogP contribution in [-0.2, 0) is 0 Å². The first-order chi connectivity index (χ1) is 22.6. The molecule has 0 radical (unpaired) electrons. The van der Waals surface area contributed by atoms with E-state index in [-0.39, 0.29) is 22.5 Å². The average Bonchev–Trinajstić information content (AvgIpc) is 3.49. The highest BCUT2D eigenvalue weighted by Gasteiger charge is 2.18. The van der Waals surface area contributed by atoms with Crippen molar-refractivity contribution in [3.8, 4) is 0 Å². The Hall–Kier alpha value is -5.99. The molecule has 232 valence electrons. The van der Waals surface area contributed by atoms with E-state index in [0.717, 1.165) is 26.1 Å². The Labute approximate surface area is 278 Å². The summed E-state index contributed by atoms with van der Waals surface area (Å²) in [4.78, 5) is 53.1. The fourth-order valence-electron chi connectivity index (χ4n) is 4.62. The summed E-state index contributed by atoms with van der Waals surface area (Å²) in [7, 11) is 0. The van der Waals surface area contributed by atoms with Gasteiger partial charge in [-0.05, 0) is 91.0 Å². The topological polar surface area (TPSA) is 161 Å². The number of rotatable bonds is 9. The van der Waals surface area contributed by atoms with Crippen molar-refractivity contribution in [2.75, 3.05) is 15.5 Å². The van der Waals surface area contributed by atoms with Gasteiger partial charge in [0.2, 0.25) is 0 Å². The van der Waals surface area contributed by atoms with Crippen molar-refractivity contribution in [2.45, 2.75) is 0 Å². The van der Waals surface area contributed by atoms with Gasteiger partial charge in [0.15, 0.2) is 5.13 Å². The molecule has 0 aliphatic carbocycles. The van der Waals surface area contributed by atoms with Gasteiger partial charge in [0, 0.05) is 62.6 Å². The molecule has 1 aromatic heterocycles. The Morgan fingerprint density at radius 2 is 1.11 bits per heavy atom. The molecule has 6 aromatic rings. The van der Waals surface area contributed by atoms with Gasteiger partial charge in [0.05, 0.1) is 20.1 Å². The van der Waals surface area contributed by atoms with Crippen LogP contribution < -0.4 is 15.5 Å². The lowest BCUT2D eigenvalue weighted by atomic mass is 10.1. The van der Waals surface area contributed by atoms with Crippen molar-refractivity contribution < 1.29 is 19.4 Å². The minimum atomic E-state index is -0.526. The highest BCUT2D eigenvalue weighted by molar-refractivity contribution is 9.10. The number of benzene rings is 5. The Morgan fingerprint density at radius 1 is 0.660 bits per heavy atom. The molecular weight excluding hydrogens is 688 g/mol. The quantitative estimate of drug-likeness (QED) is 0.111. The number of carbonyl (C=O) groups excluding carboxylic acids is 2. The summed E-state index contributed by atoms with van der Waals surface area (Å²) in [5.41, 5.74) is 3.71. The van der Waals surface area contributed by atoms with Gasteiger partial charge in [-0.2, -0.15) is 0 Å². The third-order valence-electron chi connectivity index (χ3n) is 6.98. The van der Waals surface area contributed by atoms with Crippen LogP contribution in [0.25, 0.3) is 10.2 Å². The minimum Gasteiger partial charge on any atom is -0.322 e. The third-order valence-corrected chi connectivity index (χ3v) is 8.47. The van der Waals surface area contributed by atoms with Crippen LogP contribution in [0, 0.1) is 20.2 Å². The molecule has 5 aromatic carbocycles. The van der Waals surface area contributed by atoms with Crippen LogP contribution in [0.3, 0.4) is 0 Å². The third kappa shape index (κ3) is 6.98. The first-order valence-electron chi connectivity index (χ1n) is 13.8. The normalized spacial score (nSPS) is 10.7. The maximum absolute atomic E-state index is 12.8. The highest BCUT2D eigenvalue weighted by Crippen LogP contribution is 2.40. The van der Waals surface area contributed by atoms with Gasteiger partial charge in [0.25, 0.3) is 23.2 Å². The van der Waals surface area contributed by atoms with Crippen LogP contribution >= 0.6 is 27.3 Å². The molecule has 0 saturated carbocycles. The summed E-state index contributed by atoms with van der Waals surface area (Å²) in [6, 6.07) is 30.8. The SMILES string of the molecule is O=C(Nc1ccc(N(c2ccc(NC(=O)c3ccc([N+](=O)[O-])cc3)cc2)c2nc3ccc(Br)cc3s2)cc1)c1ccc([N+](=O)[O-])cc1. The number of carbonyl (C=O) groups is 2. The second-order valence-corrected chi connectivity index (χ2v) is 12.0. The van der Waals surface area contributed by atoms with E-state index in [4.69, 9.17) is 4.98 Å². The number of nitro groups is 2. The van der Waals surface area contributed by atoms with Gasteiger partial charge in [-0.25, -0.2) is 4.98 Å². The van der Waals surface area contributed by atoms with E-state index in [0.29, 0.717) is 16.5 Å². The highest BCUT2D eigenvalue weighted by atomic mass is 79.9. The number of hydrogen-bond donors (Lipinski definition) is 2. The number of nitrogens with zero attached hydrogens (tertiary/aromatic N) is 4. The van der Waals surface area contributed by atoms with Gasteiger partial charge in [0.1, 0.15) is 0 Å². The van der Waals surface area contributed by atoms with Crippen molar-refractivity contribution in [1.82, 2.24) is 4.98 Å². The molecule has 0 atom stereocenters. The van der Waals surface area contributed by atoms with Gasteiger partial charge in [-0.3, -0.25) is 34.7 Å². The molecule has 0 fully saturated rings. The average molecular weight is 710 g/mol. The maximum Gasteiger partial charge on any atom is 0.269 e. The van der Waals surface area contributed by atoms with Crippen molar-refractivity contribution in [1.29, 1.82) is 0 Å². The molecule has 2 amide bonds. The second kappa shape index (κ2) is 13.2. The molecule has 2 N–H and O–H groups in total. The standard InChI is InChI=1S/C33H21BrN6O6S/c34-22-5-18-29-30(19-22)47-33(37-29)38(25-14-6-23(7-15-25)35-31(41)20-1-10-27(11-2-20)39(43)44)26-16-8-24(9-17-26)36-32(42)21-3-12-28(13-4-21)40(45)46/h1-19H,(H,35,41)(H,36,42). The van der Waals surface area contributed by atoms with Gasteiger partial charge < -0.3 is 10.6 Å². The Kier molecular flexibility index (Phi) is 8.69. The predicted molar refractivity (Wildman–Crippen MR) is 184 cm³/mol. The molecule has 0 bridgehead atoms. The van der Waals surface area contributed by atoms with Crippen LogP contribution in [0.5, 0.6) is 0 Å². The molecule has 0 unspecified atom stereocenters. The van der Waals surface area contributed by atoms with Gasteiger partial charge >= 0.3 is 0 Å². The molecule has 14 heteroatoms. The lowest BCUT2D eigenvalue weighted by Gasteiger charge is -2.23. The van der Waals surface area contributed by atoms with E-state index in [2.05, 4.69) is 26.6 Å².